The van der Waals surface area contributed by atoms with Crippen molar-refractivity contribution in [3.8, 4) is 11.5 Å². The molecule has 2 N–H and O–H groups in total. The molecule has 0 saturated carbocycles. The number of hydrogen-bond donors (Lipinski definition) is 1. The van der Waals surface area contributed by atoms with Crippen LogP contribution in [0.25, 0.3) is 0 Å². The van der Waals surface area contributed by atoms with E-state index in [9.17, 15) is 4.79 Å². The predicted octanol–water partition coefficient (Wildman–Crippen LogP) is 1.93. The minimum atomic E-state index is -1.37. The van der Waals surface area contributed by atoms with Crippen molar-refractivity contribution in [2.75, 3.05) is 0 Å². The third-order valence-electron chi connectivity index (χ3n) is 1.49. The summed E-state index contributed by atoms with van der Waals surface area (Å²) in [5, 5.41) is 0. The number of rotatable bonds is 2. The van der Waals surface area contributed by atoms with Crippen molar-refractivity contribution < 1.29 is 9.53 Å². The van der Waals surface area contributed by atoms with Crippen LogP contribution in [0, 0.1) is 11.5 Å². The van der Waals surface area contributed by atoms with Gasteiger partial charge < -0.3 is 10.5 Å². The summed E-state index contributed by atoms with van der Waals surface area (Å²) in [6.45, 7) is 11.9. The lowest BCUT2D eigenvalue weighted by atomic mass is 10.2. The molecule has 0 aromatic rings. The van der Waals surface area contributed by atoms with E-state index in [4.69, 9.17) is 10.5 Å². The van der Waals surface area contributed by atoms with Crippen molar-refractivity contribution in [2.24, 2.45) is 5.73 Å². The van der Waals surface area contributed by atoms with Crippen LogP contribution in [0.5, 0.6) is 0 Å². The molecule has 1 atom stereocenters. The summed E-state index contributed by atoms with van der Waals surface area (Å²) < 4.78 is 5.16. The van der Waals surface area contributed by atoms with Gasteiger partial charge in [0.25, 0.3) is 0 Å². The molecule has 0 radical (unpaired) electrons. The Morgan fingerprint density at radius 3 is 2.25 bits per heavy atom. The Balaban J connectivity index is 4.21. The maximum absolute atomic E-state index is 11.5. The van der Waals surface area contributed by atoms with Crippen molar-refractivity contribution in [2.45, 2.75) is 58.5 Å². The standard InChI is InChI=1S/C12H23NO2Si/c1-12(2,3)15-11(14)10(13)8-7-9-16(4,5)6/h10H,8,13H2,1-6H3/t10-/m0/s1. The summed E-state index contributed by atoms with van der Waals surface area (Å²) in [4.78, 5) is 11.5. The van der Waals surface area contributed by atoms with Gasteiger partial charge in [0, 0.05) is 6.42 Å². The highest BCUT2D eigenvalue weighted by Crippen LogP contribution is 2.08. The van der Waals surface area contributed by atoms with E-state index >= 15 is 0 Å². The molecule has 4 heteroatoms. The van der Waals surface area contributed by atoms with Gasteiger partial charge in [-0.2, -0.15) is 0 Å². The van der Waals surface area contributed by atoms with Crippen molar-refractivity contribution in [1.29, 1.82) is 0 Å². The monoisotopic (exact) mass is 241 g/mol. The Labute approximate surface area is 99.7 Å². The van der Waals surface area contributed by atoms with E-state index in [-0.39, 0.29) is 5.97 Å². The molecule has 0 aliphatic heterocycles. The van der Waals surface area contributed by atoms with Crippen LogP contribution in [0.2, 0.25) is 19.6 Å². The minimum absolute atomic E-state index is 0.374. The van der Waals surface area contributed by atoms with Gasteiger partial charge in [-0.15, -0.1) is 11.5 Å². The number of carbonyl (C=O) groups excluding carboxylic acids is 1. The molecule has 0 spiro atoms. The molecule has 0 aromatic heterocycles. The fourth-order valence-electron chi connectivity index (χ4n) is 0.887. The lowest BCUT2D eigenvalue weighted by Crippen LogP contribution is -2.37. The molecule has 0 bridgehead atoms. The zero-order chi connectivity index (χ0) is 13.0. The van der Waals surface area contributed by atoms with E-state index in [1.54, 1.807) is 0 Å². The van der Waals surface area contributed by atoms with Crippen LogP contribution in [-0.2, 0) is 9.53 Å². The van der Waals surface area contributed by atoms with Crippen LogP contribution in [0.15, 0.2) is 0 Å². The highest BCUT2D eigenvalue weighted by atomic mass is 28.3. The first-order valence-electron chi connectivity index (χ1n) is 5.50. The molecule has 0 amide bonds. The second kappa shape index (κ2) is 5.51. The SMILES string of the molecule is CC(C)(C)OC(=O)[C@@H](N)CC#C[Si](C)(C)C. The van der Waals surface area contributed by atoms with Crippen LogP contribution < -0.4 is 5.73 Å². The fourth-order valence-corrected chi connectivity index (χ4v) is 1.52. The molecule has 0 saturated heterocycles. The van der Waals surface area contributed by atoms with Gasteiger partial charge in [-0.05, 0) is 20.8 Å². The molecule has 0 aromatic carbocycles. The number of esters is 1. The highest BCUT2D eigenvalue weighted by molar-refractivity contribution is 6.83. The first-order valence-corrected chi connectivity index (χ1v) is 9.00. The summed E-state index contributed by atoms with van der Waals surface area (Å²) in [5.74, 6) is 2.60. The zero-order valence-corrected chi connectivity index (χ0v) is 12.2. The molecule has 0 aliphatic rings. The van der Waals surface area contributed by atoms with Crippen LogP contribution >= 0.6 is 0 Å². The van der Waals surface area contributed by atoms with E-state index in [1.165, 1.54) is 0 Å². The average molecular weight is 241 g/mol. The highest BCUT2D eigenvalue weighted by Gasteiger charge is 2.21. The van der Waals surface area contributed by atoms with Gasteiger partial charge in [-0.25, -0.2) is 0 Å². The van der Waals surface area contributed by atoms with Crippen LogP contribution in [0.4, 0.5) is 0 Å². The molecular formula is C12H23NO2Si. The van der Waals surface area contributed by atoms with Gasteiger partial charge in [-0.1, -0.05) is 19.6 Å². The summed E-state index contributed by atoms with van der Waals surface area (Å²) in [7, 11) is -1.37. The Morgan fingerprint density at radius 1 is 1.38 bits per heavy atom. The quantitative estimate of drug-likeness (QED) is 0.456. The fraction of sp³-hybridized carbons (Fsp3) is 0.750. The van der Waals surface area contributed by atoms with Crippen molar-refractivity contribution in [3.05, 3.63) is 0 Å². The van der Waals surface area contributed by atoms with E-state index in [1.807, 2.05) is 20.8 Å². The molecule has 16 heavy (non-hydrogen) atoms. The lowest BCUT2D eigenvalue weighted by molar-refractivity contribution is -0.156. The van der Waals surface area contributed by atoms with E-state index in [0.717, 1.165) is 0 Å². The third-order valence-corrected chi connectivity index (χ3v) is 2.42. The minimum Gasteiger partial charge on any atom is -0.459 e. The molecule has 0 fully saturated rings. The Bertz CT molecular complexity index is 302. The largest absolute Gasteiger partial charge is 0.459 e. The predicted molar refractivity (Wildman–Crippen MR) is 69.6 cm³/mol. The normalized spacial score (nSPS) is 13.7. The third kappa shape index (κ3) is 8.51. The van der Waals surface area contributed by atoms with Gasteiger partial charge in [-0.3, -0.25) is 4.79 Å². The number of carbonyl (C=O) groups is 1. The topological polar surface area (TPSA) is 52.3 Å². The van der Waals surface area contributed by atoms with Gasteiger partial charge in [0.15, 0.2) is 0 Å². The van der Waals surface area contributed by atoms with Gasteiger partial charge in [0.2, 0.25) is 0 Å². The van der Waals surface area contributed by atoms with Crippen LogP contribution in [0.1, 0.15) is 27.2 Å². The first kappa shape index (κ1) is 15.2. The van der Waals surface area contributed by atoms with Crippen LogP contribution in [0.3, 0.4) is 0 Å². The second-order valence-electron chi connectivity index (χ2n) is 5.90. The maximum atomic E-state index is 11.5. The van der Waals surface area contributed by atoms with E-state index < -0.39 is 19.7 Å². The molecule has 92 valence electrons. The Morgan fingerprint density at radius 2 is 1.88 bits per heavy atom. The second-order valence-corrected chi connectivity index (χ2v) is 10.6. The van der Waals surface area contributed by atoms with Crippen molar-refractivity contribution >= 4 is 14.0 Å². The number of hydrogen-bond acceptors (Lipinski definition) is 3. The number of ether oxygens (including phenoxy) is 1. The molecule has 0 unspecified atom stereocenters. The Kier molecular flexibility index (Phi) is 5.24. The van der Waals surface area contributed by atoms with Gasteiger partial charge in [0.05, 0.1) is 0 Å². The summed E-state index contributed by atoms with van der Waals surface area (Å²) in [5.41, 5.74) is 8.38. The first-order chi connectivity index (χ1) is 7.01. The maximum Gasteiger partial charge on any atom is 0.324 e. The lowest BCUT2D eigenvalue weighted by Gasteiger charge is -2.21. The van der Waals surface area contributed by atoms with Gasteiger partial charge in [0.1, 0.15) is 19.7 Å². The van der Waals surface area contributed by atoms with E-state index in [0.29, 0.717) is 6.42 Å². The van der Waals surface area contributed by atoms with Crippen molar-refractivity contribution in [3.63, 3.8) is 0 Å². The van der Waals surface area contributed by atoms with Gasteiger partial charge >= 0.3 is 5.97 Å². The smallest absolute Gasteiger partial charge is 0.324 e. The van der Waals surface area contributed by atoms with Crippen molar-refractivity contribution in [1.82, 2.24) is 0 Å². The molecule has 3 nitrogen and oxygen atoms in total. The zero-order valence-electron chi connectivity index (χ0n) is 11.2. The number of nitrogens with two attached hydrogens (primary N) is 1. The Hall–Kier alpha value is -0.793. The summed E-state index contributed by atoms with van der Waals surface area (Å²) in [6.07, 6.45) is 0.374. The summed E-state index contributed by atoms with van der Waals surface area (Å²) in [6, 6.07) is -0.636. The molecule has 0 aliphatic carbocycles. The van der Waals surface area contributed by atoms with Crippen LogP contribution in [-0.4, -0.2) is 25.7 Å². The summed E-state index contributed by atoms with van der Waals surface area (Å²) >= 11 is 0. The molecule has 0 rings (SSSR count). The van der Waals surface area contributed by atoms with E-state index in [2.05, 4.69) is 31.1 Å². The average Bonchev–Trinajstić information content (AvgIpc) is 1.98. The molecule has 0 heterocycles. The molecular weight excluding hydrogens is 218 g/mol.